The summed E-state index contributed by atoms with van der Waals surface area (Å²) in [6, 6.07) is 12.2. The number of fused-ring (bicyclic) bond motifs is 3. The number of allylic oxidation sites excluding steroid dienone is 2. The maximum Gasteiger partial charge on any atom is 0.161 e. The van der Waals surface area contributed by atoms with E-state index in [2.05, 4.69) is 27.4 Å². The molecule has 2 aromatic heterocycles. The second-order valence-corrected chi connectivity index (χ2v) is 6.61. The largest absolute Gasteiger partial charge is 0.358 e. The second kappa shape index (κ2) is 5.52. The predicted molar refractivity (Wildman–Crippen MR) is 97.3 cm³/mol. The van der Waals surface area contributed by atoms with Crippen molar-refractivity contribution in [1.82, 2.24) is 9.97 Å². The molecule has 1 atom stereocenters. The van der Waals surface area contributed by atoms with Crippen molar-refractivity contribution in [3.8, 4) is 0 Å². The third kappa shape index (κ3) is 2.18. The zero-order chi connectivity index (χ0) is 16.8. The molecule has 0 spiro atoms. The highest BCUT2D eigenvalue weighted by Gasteiger charge is 2.35. The SMILES string of the molecule is O=C1CCCC2=C1C(c1ccncc1)c1ccc3ncccc3c1N2. The Hall–Kier alpha value is -3.01. The van der Waals surface area contributed by atoms with Crippen LogP contribution in [0.25, 0.3) is 10.9 Å². The minimum atomic E-state index is -0.0355. The van der Waals surface area contributed by atoms with Gasteiger partial charge in [-0.3, -0.25) is 14.8 Å². The van der Waals surface area contributed by atoms with Gasteiger partial charge in [0, 0.05) is 47.6 Å². The van der Waals surface area contributed by atoms with E-state index in [-0.39, 0.29) is 11.7 Å². The molecule has 1 aliphatic heterocycles. The molecule has 0 saturated heterocycles. The number of Topliss-reactive ketones (excluding diaryl/α,β-unsaturated/α-hetero) is 1. The third-order valence-electron chi connectivity index (χ3n) is 5.19. The molecule has 25 heavy (non-hydrogen) atoms. The summed E-state index contributed by atoms with van der Waals surface area (Å²) in [4.78, 5) is 21.4. The van der Waals surface area contributed by atoms with Crippen LogP contribution in [0.2, 0.25) is 0 Å². The zero-order valence-electron chi connectivity index (χ0n) is 13.7. The lowest BCUT2D eigenvalue weighted by Gasteiger charge is -2.34. The molecule has 1 aliphatic carbocycles. The maximum absolute atomic E-state index is 12.8. The fraction of sp³-hybridized carbons (Fsp3) is 0.190. The van der Waals surface area contributed by atoms with Gasteiger partial charge in [0.25, 0.3) is 0 Å². The number of pyridine rings is 2. The van der Waals surface area contributed by atoms with Gasteiger partial charge in [-0.25, -0.2) is 0 Å². The standard InChI is InChI=1S/C21H17N3O/c25-18-5-1-4-17-20(18)19(13-8-11-22-12-9-13)15-6-7-16-14(21(15)24-17)3-2-10-23-16/h2-3,6-12,19,24H,1,4-5H2. The molecule has 0 saturated carbocycles. The molecule has 122 valence electrons. The molecule has 0 bridgehead atoms. The van der Waals surface area contributed by atoms with Crippen LogP contribution >= 0.6 is 0 Å². The Labute approximate surface area is 145 Å². The smallest absolute Gasteiger partial charge is 0.161 e. The number of benzene rings is 1. The first-order valence-corrected chi connectivity index (χ1v) is 8.64. The summed E-state index contributed by atoms with van der Waals surface area (Å²) in [7, 11) is 0. The summed E-state index contributed by atoms with van der Waals surface area (Å²) < 4.78 is 0. The van der Waals surface area contributed by atoms with E-state index in [1.807, 2.05) is 30.5 Å². The molecular weight excluding hydrogens is 310 g/mol. The predicted octanol–water partition coefficient (Wildman–Crippen LogP) is 4.19. The molecule has 0 amide bonds. The van der Waals surface area contributed by atoms with Gasteiger partial charge < -0.3 is 5.32 Å². The van der Waals surface area contributed by atoms with Crippen molar-refractivity contribution in [3.63, 3.8) is 0 Å². The molecular formula is C21H17N3O. The lowest BCUT2D eigenvalue weighted by Crippen LogP contribution is -2.27. The lowest BCUT2D eigenvalue weighted by atomic mass is 9.75. The van der Waals surface area contributed by atoms with Crippen LogP contribution in [0.5, 0.6) is 0 Å². The number of aromatic nitrogens is 2. The highest BCUT2D eigenvalue weighted by Crippen LogP contribution is 2.47. The van der Waals surface area contributed by atoms with Gasteiger partial charge in [0.2, 0.25) is 0 Å². The van der Waals surface area contributed by atoms with Crippen molar-refractivity contribution < 1.29 is 4.79 Å². The van der Waals surface area contributed by atoms with Crippen LogP contribution in [-0.2, 0) is 4.79 Å². The van der Waals surface area contributed by atoms with Gasteiger partial charge in [-0.1, -0.05) is 6.07 Å². The Bertz CT molecular complexity index is 1020. The minimum absolute atomic E-state index is 0.0355. The van der Waals surface area contributed by atoms with E-state index in [1.54, 1.807) is 12.4 Å². The molecule has 0 radical (unpaired) electrons. The van der Waals surface area contributed by atoms with Gasteiger partial charge in [-0.05, 0) is 54.3 Å². The topological polar surface area (TPSA) is 54.9 Å². The molecule has 1 N–H and O–H groups in total. The number of hydrogen-bond donors (Lipinski definition) is 1. The summed E-state index contributed by atoms with van der Waals surface area (Å²) in [6.45, 7) is 0. The zero-order valence-corrected chi connectivity index (χ0v) is 13.7. The molecule has 4 heteroatoms. The number of carbonyl (C=O) groups excluding carboxylic acids is 1. The number of anilines is 1. The third-order valence-corrected chi connectivity index (χ3v) is 5.19. The van der Waals surface area contributed by atoms with Crippen molar-refractivity contribution in [2.75, 3.05) is 5.32 Å². The number of rotatable bonds is 1. The van der Waals surface area contributed by atoms with Crippen molar-refractivity contribution in [2.24, 2.45) is 0 Å². The van der Waals surface area contributed by atoms with Crippen LogP contribution in [0.15, 0.2) is 66.3 Å². The van der Waals surface area contributed by atoms with Crippen molar-refractivity contribution in [1.29, 1.82) is 0 Å². The highest BCUT2D eigenvalue weighted by atomic mass is 16.1. The summed E-state index contributed by atoms with van der Waals surface area (Å²) in [5, 5.41) is 4.68. The molecule has 3 heterocycles. The van der Waals surface area contributed by atoms with E-state index in [0.29, 0.717) is 6.42 Å². The fourth-order valence-electron chi connectivity index (χ4n) is 4.09. The average Bonchev–Trinajstić information content (AvgIpc) is 2.67. The first kappa shape index (κ1) is 14.3. The van der Waals surface area contributed by atoms with E-state index in [0.717, 1.165) is 51.8 Å². The molecule has 2 aliphatic rings. The number of nitrogens with one attached hydrogen (secondary N) is 1. The van der Waals surface area contributed by atoms with Crippen LogP contribution in [0.1, 0.15) is 36.3 Å². The van der Waals surface area contributed by atoms with Crippen molar-refractivity contribution in [2.45, 2.75) is 25.2 Å². The summed E-state index contributed by atoms with van der Waals surface area (Å²) in [5.41, 5.74) is 6.30. The van der Waals surface area contributed by atoms with Gasteiger partial charge in [-0.15, -0.1) is 0 Å². The van der Waals surface area contributed by atoms with Crippen LogP contribution in [0, 0.1) is 0 Å². The molecule has 3 aromatic rings. The summed E-state index contributed by atoms with van der Waals surface area (Å²) >= 11 is 0. The van der Waals surface area contributed by atoms with Gasteiger partial charge in [0.05, 0.1) is 11.2 Å². The second-order valence-electron chi connectivity index (χ2n) is 6.61. The van der Waals surface area contributed by atoms with Crippen LogP contribution in [0.3, 0.4) is 0 Å². The Morgan fingerprint density at radius 3 is 2.76 bits per heavy atom. The fourth-order valence-corrected chi connectivity index (χ4v) is 4.09. The van der Waals surface area contributed by atoms with E-state index < -0.39 is 0 Å². The molecule has 1 aromatic carbocycles. The summed E-state index contributed by atoms with van der Waals surface area (Å²) in [6.07, 6.45) is 7.87. The first-order chi connectivity index (χ1) is 12.3. The van der Waals surface area contributed by atoms with Gasteiger partial charge in [0.1, 0.15) is 0 Å². The minimum Gasteiger partial charge on any atom is -0.358 e. The van der Waals surface area contributed by atoms with Crippen LogP contribution in [-0.4, -0.2) is 15.8 Å². The summed E-state index contributed by atoms with van der Waals surface area (Å²) in [5.74, 6) is 0.221. The molecule has 4 nitrogen and oxygen atoms in total. The monoisotopic (exact) mass is 327 g/mol. The van der Waals surface area contributed by atoms with E-state index in [9.17, 15) is 4.79 Å². The molecule has 1 unspecified atom stereocenters. The molecule has 5 rings (SSSR count). The Morgan fingerprint density at radius 1 is 1.00 bits per heavy atom. The average molecular weight is 327 g/mol. The number of nitrogens with zero attached hydrogens (tertiary/aromatic N) is 2. The number of ketones is 1. The van der Waals surface area contributed by atoms with Crippen molar-refractivity contribution >= 4 is 22.4 Å². The maximum atomic E-state index is 12.8. The lowest BCUT2D eigenvalue weighted by molar-refractivity contribution is -0.116. The van der Waals surface area contributed by atoms with Gasteiger partial charge >= 0.3 is 0 Å². The first-order valence-electron chi connectivity index (χ1n) is 8.64. The van der Waals surface area contributed by atoms with Gasteiger partial charge in [-0.2, -0.15) is 0 Å². The normalized spacial score (nSPS) is 19.4. The number of hydrogen-bond acceptors (Lipinski definition) is 4. The van der Waals surface area contributed by atoms with E-state index in [1.165, 1.54) is 0 Å². The van der Waals surface area contributed by atoms with E-state index in [4.69, 9.17) is 0 Å². The van der Waals surface area contributed by atoms with Crippen molar-refractivity contribution in [3.05, 3.63) is 77.4 Å². The van der Waals surface area contributed by atoms with E-state index >= 15 is 0 Å². The Balaban J connectivity index is 1.81. The quantitative estimate of drug-likeness (QED) is 0.728. The Morgan fingerprint density at radius 2 is 1.88 bits per heavy atom. The Kier molecular flexibility index (Phi) is 3.17. The molecule has 0 fully saturated rings. The highest BCUT2D eigenvalue weighted by molar-refractivity contribution is 6.04. The van der Waals surface area contributed by atoms with Crippen LogP contribution in [0.4, 0.5) is 5.69 Å². The van der Waals surface area contributed by atoms with Crippen LogP contribution < -0.4 is 5.32 Å². The van der Waals surface area contributed by atoms with Gasteiger partial charge in [0.15, 0.2) is 5.78 Å². The number of carbonyl (C=O) groups is 1.